The van der Waals surface area contributed by atoms with Crippen LogP contribution in [0, 0.1) is 3.57 Å². The van der Waals surface area contributed by atoms with Gasteiger partial charge in [0.05, 0.1) is 14.8 Å². The fraction of sp³-hybridized carbons (Fsp3) is 0.286. The molecule has 7 heteroatoms. The first kappa shape index (κ1) is 16.0. The average Bonchev–Trinajstić information content (AvgIpc) is 2.43. The lowest BCUT2D eigenvalue weighted by Gasteiger charge is -2.09. The molecule has 1 heterocycles. The van der Waals surface area contributed by atoms with Crippen molar-refractivity contribution in [2.45, 2.75) is 25.9 Å². The van der Waals surface area contributed by atoms with E-state index >= 15 is 0 Å². The highest BCUT2D eigenvalue weighted by atomic mass is 127. The van der Waals surface area contributed by atoms with E-state index in [1.54, 1.807) is 0 Å². The number of halogens is 4. The molecule has 0 fully saturated rings. The largest absolute Gasteiger partial charge is 0.416 e. The van der Waals surface area contributed by atoms with Crippen molar-refractivity contribution >= 4 is 22.6 Å². The summed E-state index contributed by atoms with van der Waals surface area (Å²) in [7, 11) is 0. The van der Waals surface area contributed by atoms with Crippen molar-refractivity contribution in [3.05, 3.63) is 49.4 Å². The van der Waals surface area contributed by atoms with E-state index in [1.165, 1.54) is 12.1 Å². The molecule has 0 spiro atoms. The second kappa shape index (κ2) is 6.17. The van der Waals surface area contributed by atoms with Crippen molar-refractivity contribution in [3.63, 3.8) is 0 Å². The van der Waals surface area contributed by atoms with Gasteiger partial charge in [0.2, 0.25) is 0 Å². The number of nitrogens with zero attached hydrogens (tertiary/aromatic N) is 1. The van der Waals surface area contributed by atoms with E-state index in [9.17, 15) is 18.0 Å². The molecule has 0 bridgehead atoms. The third-order valence-electron chi connectivity index (χ3n) is 2.90. The molecule has 0 atom stereocenters. The van der Waals surface area contributed by atoms with Crippen LogP contribution in [0.5, 0.6) is 0 Å². The van der Waals surface area contributed by atoms with Crippen molar-refractivity contribution in [2.75, 3.05) is 0 Å². The first-order valence-electron chi connectivity index (χ1n) is 6.29. The maximum absolute atomic E-state index is 12.5. The SMILES string of the molecule is CCCc1nc(-c2ccc(C(F)(F)F)cc2)[nH]c(=O)c1I. The number of hydrogen-bond acceptors (Lipinski definition) is 2. The summed E-state index contributed by atoms with van der Waals surface area (Å²) in [4.78, 5) is 18.8. The van der Waals surface area contributed by atoms with E-state index in [4.69, 9.17) is 0 Å². The molecule has 0 unspecified atom stereocenters. The van der Waals surface area contributed by atoms with E-state index in [0.29, 0.717) is 21.2 Å². The second-order valence-corrected chi connectivity index (χ2v) is 5.58. The first-order chi connectivity index (χ1) is 9.82. The minimum Gasteiger partial charge on any atom is -0.306 e. The molecular formula is C14H12F3IN2O. The van der Waals surface area contributed by atoms with Crippen LogP contribution in [0.25, 0.3) is 11.4 Å². The fourth-order valence-electron chi connectivity index (χ4n) is 1.86. The highest BCUT2D eigenvalue weighted by Crippen LogP contribution is 2.30. The molecule has 2 rings (SSSR count). The summed E-state index contributed by atoms with van der Waals surface area (Å²) in [6, 6.07) is 4.58. The van der Waals surface area contributed by atoms with Gasteiger partial charge < -0.3 is 4.98 Å². The Labute approximate surface area is 132 Å². The third-order valence-corrected chi connectivity index (χ3v) is 4.02. The molecule has 21 heavy (non-hydrogen) atoms. The molecule has 0 saturated carbocycles. The number of aryl methyl sites for hydroxylation is 1. The number of benzene rings is 1. The van der Waals surface area contributed by atoms with Crippen LogP contribution in [-0.4, -0.2) is 9.97 Å². The molecule has 3 nitrogen and oxygen atoms in total. The molecule has 0 amide bonds. The zero-order chi connectivity index (χ0) is 15.6. The van der Waals surface area contributed by atoms with Crippen LogP contribution in [0.3, 0.4) is 0 Å². The van der Waals surface area contributed by atoms with Gasteiger partial charge in [-0.05, 0) is 41.1 Å². The Balaban J connectivity index is 2.45. The Morgan fingerprint density at radius 2 is 1.86 bits per heavy atom. The summed E-state index contributed by atoms with van der Waals surface area (Å²) in [6.07, 6.45) is -2.90. The van der Waals surface area contributed by atoms with Crippen molar-refractivity contribution in [1.82, 2.24) is 9.97 Å². The second-order valence-electron chi connectivity index (χ2n) is 4.50. The van der Waals surface area contributed by atoms with E-state index in [2.05, 4.69) is 9.97 Å². The molecule has 0 aliphatic carbocycles. The highest BCUT2D eigenvalue weighted by molar-refractivity contribution is 14.1. The van der Waals surface area contributed by atoms with Gasteiger partial charge in [0.1, 0.15) is 5.82 Å². The Bertz CT molecular complexity index is 693. The van der Waals surface area contributed by atoms with Crippen LogP contribution >= 0.6 is 22.6 Å². The normalized spacial score (nSPS) is 11.7. The number of rotatable bonds is 3. The topological polar surface area (TPSA) is 45.8 Å². The molecule has 1 N–H and O–H groups in total. The smallest absolute Gasteiger partial charge is 0.306 e. The van der Waals surface area contributed by atoms with Gasteiger partial charge in [0.25, 0.3) is 5.56 Å². The maximum atomic E-state index is 12.5. The van der Waals surface area contributed by atoms with Gasteiger partial charge in [-0.3, -0.25) is 4.79 Å². The summed E-state index contributed by atoms with van der Waals surface area (Å²) < 4.78 is 38.1. The minimum absolute atomic E-state index is 0.274. The van der Waals surface area contributed by atoms with Gasteiger partial charge in [0, 0.05) is 5.56 Å². The molecule has 0 aliphatic heterocycles. The molecular weight excluding hydrogens is 396 g/mol. The first-order valence-corrected chi connectivity index (χ1v) is 7.37. The predicted molar refractivity (Wildman–Crippen MR) is 82.0 cm³/mol. The number of alkyl halides is 3. The van der Waals surface area contributed by atoms with Crippen molar-refractivity contribution < 1.29 is 13.2 Å². The average molecular weight is 408 g/mol. The number of hydrogen-bond donors (Lipinski definition) is 1. The number of aromatic amines is 1. The van der Waals surface area contributed by atoms with Gasteiger partial charge in [-0.2, -0.15) is 13.2 Å². The van der Waals surface area contributed by atoms with Crippen molar-refractivity contribution in [1.29, 1.82) is 0 Å². The van der Waals surface area contributed by atoms with Crippen LogP contribution in [0.1, 0.15) is 24.6 Å². The Hall–Kier alpha value is -1.38. The minimum atomic E-state index is -4.38. The Morgan fingerprint density at radius 3 is 2.38 bits per heavy atom. The van der Waals surface area contributed by atoms with E-state index in [0.717, 1.165) is 18.6 Å². The summed E-state index contributed by atoms with van der Waals surface area (Å²) in [5, 5.41) is 0. The van der Waals surface area contributed by atoms with Gasteiger partial charge >= 0.3 is 6.18 Å². The molecule has 1 aromatic heterocycles. The Kier molecular flexibility index (Phi) is 4.70. The standard InChI is InChI=1S/C14H12F3IN2O/c1-2-3-10-11(18)13(21)20-12(19-10)8-4-6-9(7-5-8)14(15,16)17/h4-7H,2-3H2,1H3,(H,19,20,21). The van der Waals surface area contributed by atoms with E-state index in [-0.39, 0.29) is 11.4 Å². The lowest BCUT2D eigenvalue weighted by Crippen LogP contribution is -2.16. The zero-order valence-electron chi connectivity index (χ0n) is 11.1. The van der Waals surface area contributed by atoms with Crippen LogP contribution < -0.4 is 5.56 Å². The monoisotopic (exact) mass is 408 g/mol. The Morgan fingerprint density at radius 1 is 1.24 bits per heavy atom. The summed E-state index contributed by atoms with van der Waals surface area (Å²) >= 11 is 1.93. The van der Waals surface area contributed by atoms with E-state index < -0.39 is 11.7 Å². The van der Waals surface area contributed by atoms with Crippen molar-refractivity contribution in [2.24, 2.45) is 0 Å². The lowest BCUT2D eigenvalue weighted by molar-refractivity contribution is -0.137. The van der Waals surface area contributed by atoms with Crippen LogP contribution in [0.15, 0.2) is 29.1 Å². The molecule has 0 saturated heterocycles. The lowest BCUT2D eigenvalue weighted by atomic mass is 10.1. The fourth-order valence-corrected chi connectivity index (χ4v) is 2.39. The number of aromatic nitrogens is 2. The number of nitrogens with one attached hydrogen (secondary N) is 1. The molecule has 112 valence electrons. The van der Waals surface area contributed by atoms with E-state index in [1.807, 2.05) is 29.5 Å². The van der Waals surface area contributed by atoms with Crippen molar-refractivity contribution in [3.8, 4) is 11.4 Å². The summed E-state index contributed by atoms with van der Waals surface area (Å²) in [5.41, 5.74) is 0.113. The quantitative estimate of drug-likeness (QED) is 0.781. The molecule has 1 aromatic carbocycles. The molecule has 2 aromatic rings. The number of H-pyrrole nitrogens is 1. The van der Waals surface area contributed by atoms with Gasteiger partial charge in [-0.25, -0.2) is 4.98 Å². The third kappa shape index (κ3) is 3.63. The highest BCUT2D eigenvalue weighted by Gasteiger charge is 2.30. The molecule has 0 radical (unpaired) electrons. The molecule has 0 aliphatic rings. The zero-order valence-corrected chi connectivity index (χ0v) is 13.2. The van der Waals surface area contributed by atoms with Gasteiger partial charge in [0.15, 0.2) is 0 Å². The van der Waals surface area contributed by atoms with Crippen LogP contribution in [0.4, 0.5) is 13.2 Å². The summed E-state index contributed by atoms with van der Waals surface area (Å²) in [6.45, 7) is 1.97. The van der Waals surface area contributed by atoms with Gasteiger partial charge in [-0.1, -0.05) is 25.5 Å². The van der Waals surface area contributed by atoms with Crippen LogP contribution in [-0.2, 0) is 12.6 Å². The van der Waals surface area contributed by atoms with Gasteiger partial charge in [-0.15, -0.1) is 0 Å². The maximum Gasteiger partial charge on any atom is 0.416 e. The predicted octanol–water partition coefficient (Wildman–Crippen LogP) is 4.01. The summed E-state index contributed by atoms with van der Waals surface area (Å²) in [5.74, 6) is 0.289. The van der Waals surface area contributed by atoms with Crippen LogP contribution in [0.2, 0.25) is 0 Å².